The fraction of sp³-hybridized carbons (Fsp3) is 0.273. The minimum Gasteiger partial charge on any atom is -0.370 e. The standard InChI is InChI=1S/C11H16N4O2/c1-7(6-10(12)16)14-11(17)8-4-2-3-5-9(8)15-13/h2-5,7,15H,6,13H2,1H3,(H2,12,16)(H,14,17). The monoisotopic (exact) mass is 236 g/mol. The van der Waals surface area contributed by atoms with Crippen molar-refractivity contribution in [3.05, 3.63) is 29.8 Å². The first-order valence-electron chi connectivity index (χ1n) is 5.19. The molecule has 1 aromatic rings. The molecular formula is C11H16N4O2. The van der Waals surface area contributed by atoms with Gasteiger partial charge in [-0.3, -0.25) is 15.4 Å². The number of hydrogen-bond donors (Lipinski definition) is 4. The normalized spacial score (nSPS) is 11.6. The van der Waals surface area contributed by atoms with Gasteiger partial charge in [-0.2, -0.15) is 0 Å². The Balaban J connectivity index is 2.72. The van der Waals surface area contributed by atoms with E-state index in [1.54, 1.807) is 31.2 Å². The van der Waals surface area contributed by atoms with Gasteiger partial charge in [0.2, 0.25) is 5.91 Å². The fourth-order valence-electron chi connectivity index (χ4n) is 1.46. The van der Waals surface area contributed by atoms with Crippen molar-refractivity contribution in [3.63, 3.8) is 0 Å². The Morgan fingerprint density at radius 2 is 2.00 bits per heavy atom. The van der Waals surface area contributed by atoms with Crippen molar-refractivity contribution in [2.75, 3.05) is 5.43 Å². The molecule has 1 rings (SSSR count). The highest BCUT2D eigenvalue weighted by Crippen LogP contribution is 2.13. The Kier molecular flexibility index (Phi) is 4.47. The smallest absolute Gasteiger partial charge is 0.253 e. The molecule has 0 heterocycles. The number of nitrogen functional groups attached to an aromatic ring is 1. The molecule has 0 aliphatic heterocycles. The highest BCUT2D eigenvalue weighted by molar-refractivity contribution is 5.99. The third-order valence-electron chi connectivity index (χ3n) is 2.21. The van der Waals surface area contributed by atoms with E-state index in [1.807, 2.05) is 0 Å². The molecule has 0 saturated carbocycles. The van der Waals surface area contributed by atoms with Gasteiger partial charge in [0.15, 0.2) is 0 Å². The summed E-state index contributed by atoms with van der Waals surface area (Å²) in [5, 5.41) is 2.67. The number of hydrogen-bond acceptors (Lipinski definition) is 4. The van der Waals surface area contributed by atoms with E-state index in [4.69, 9.17) is 11.6 Å². The largest absolute Gasteiger partial charge is 0.370 e. The Morgan fingerprint density at radius 1 is 1.35 bits per heavy atom. The SMILES string of the molecule is CC(CC(N)=O)NC(=O)c1ccccc1NN. The van der Waals surface area contributed by atoms with Gasteiger partial charge >= 0.3 is 0 Å². The van der Waals surface area contributed by atoms with Gasteiger partial charge in [-0.1, -0.05) is 12.1 Å². The summed E-state index contributed by atoms with van der Waals surface area (Å²) in [5.41, 5.74) is 8.43. The Morgan fingerprint density at radius 3 is 2.59 bits per heavy atom. The van der Waals surface area contributed by atoms with Crippen LogP contribution >= 0.6 is 0 Å². The lowest BCUT2D eigenvalue weighted by molar-refractivity contribution is -0.118. The summed E-state index contributed by atoms with van der Waals surface area (Å²) in [7, 11) is 0. The van der Waals surface area contributed by atoms with E-state index >= 15 is 0 Å². The molecule has 0 aliphatic carbocycles. The first-order valence-corrected chi connectivity index (χ1v) is 5.19. The van der Waals surface area contributed by atoms with Crippen LogP contribution in [0.25, 0.3) is 0 Å². The van der Waals surface area contributed by atoms with Gasteiger partial charge in [0, 0.05) is 12.5 Å². The van der Waals surface area contributed by atoms with Gasteiger partial charge in [0.25, 0.3) is 5.91 Å². The zero-order chi connectivity index (χ0) is 12.8. The first kappa shape index (κ1) is 13.0. The lowest BCUT2D eigenvalue weighted by Crippen LogP contribution is -2.36. The maximum Gasteiger partial charge on any atom is 0.253 e. The number of benzene rings is 1. The number of primary amides is 1. The molecule has 0 aliphatic rings. The molecule has 6 heteroatoms. The molecule has 0 fully saturated rings. The number of para-hydroxylation sites is 1. The molecule has 1 aromatic carbocycles. The lowest BCUT2D eigenvalue weighted by atomic mass is 10.1. The zero-order valence-electron chi connectivity index (χ0n) is 9.57. The van der Waals surface area contributed by atoms with Crippen LogP contribution in [-0.2, 0) is 4.79 Å². The maximum absolute atomic E-state index is 11.9. The molecule has 1 unspecified atom stereocenters. The highest BCUT2D eigenvalue weighted by atomic mass is 16.2. The quantitative estimate of drug-likeness (QED) is 0.425. The maximum atomic E-state index is 11.9. The number of anilines is 1. The Hall–Kier alpha value is -2.08. The van der Waals surface area contributed by atoms with E-state index in [9.17, 15) is 9.59 Å². The van der Waals surface area contributed by atoms with Crippen molar-refractivity contribution in [1.29, 1.82) is 0 Å². The predicted octanol–water partition coefficient (Wildman–Crippen LogP) is -0.0341. The summed E-state index contributed by atoms with van der Waals surface area (Å²) in [6.45, 7) is 1.71. The average molecular weight is 236 g/mol. The number of carbonyl (C=O) groups is 2. The highest BCUT2D eigenvalue weighted by Gasteiger charge is 2.14. The number of nitrogens with one attached hydrogen (secondary N) is 2. The fourth-order valence-corrected chi connectivity index (χ4v) is 1.46. The average Bonchev–Trinajstić information content (AvgIpc) is 2.27. The van der Waals surface area contributed by atoms with Crippen molar-refractivity contribution in [2.45, 2.75) is 19.4 Å². The second-order valence-corrected chi connectivity index (χ2v) is 3.73. The molecule has 17 heavy (non-hydrogen) atoms. The lowest BCUT2D eigenvalue weighted by Gasteiger charge is -2.13. The summed E-state index contributed by atoms with van der Waals surface area (Å²) >= 11 is 0. The van der Waals surface area contributed by atoms with Gasteiger partial charge in [0.1, 0.15) is 0 Å². The Labute approximate surface area is 99.3 Å². The van der Waals surface area contributed by atoms with Gasteiger partial charge in [-0.05, 0) is 19.1 Å². The molecule has 6 nitrogen and oxygen atoms in total. The van der Waals surface area contributed by atoms with Crippen LogP contribution in [0.2, 0.25) is 0 Å². The van der Waals surface area contributed by atoms with E-state index in [1.165, 1.54) is 0 Å². The predicted molar refractivity (Wildman–Crippen MR) is 65.0 cm³/mol. The molecular weight excluding hydrogens is 220 g/mol. The molecule has 0 radical (unpaired) electrons. The van der Waals surface area contributed by atoms with E-state index < -0.39 is 5.91 Å². The number of rotatable bonds is 5. The molecule has 0 bridgehead atoms. The van der Waals surface area contributed by atoms with Crippen LogP contribution in [0.1, 0.15) is 23.7 Å². The second kappa shape index (κ2) is 5.86. The van der Waals surface area contributed by atoms with Crippen LogP contribution < -0.4 is 22.3 Å². The molecule has 2 amide bonds. The van der Waals surface area contributed by atoms with Gasteiger partial charge in [-0.25, -0.2) is 0 Å². The van der Waals surface area contributed by atoms with Gasteiger partial charge in [-0.15, -0.1) is 0 Å². The van der Waals surface area contributed by atoms with Gasteiger partial charge in [0.05, 0.1) is 11.3 Å². The van der Waals surface area contributed by atoms with Crippen LogP contribution in [0.5, 0.6) is 0 Å². The third-order valence-corrected chi connectivity index (χ3v) is 2.21. The topological polar surface area (TPSA) is 110 Å². The van der Waals surface area contributed by atoms with Crippen molar-refractivity contribution < 1.29 is 9.59 Å². The summed E-state index contributed by atoms with van der Waals surface area (Å²) in [4.78, 5) is 22.5. The first-order chi connectivity index (χ1) is 8.04. The summed E-state index contributed by atoms with van der Waals surface area (Å²) in [6, 6.07) is 6.51. The molecule has 0 spiro atoms. The van der Waals surface area contributed by atoms with Gasteiger partial charge < -0.3 is 16.5 Å². The minimum atomic E-state index is -0.456. The summed E-state index contributed by atoms with van der Waals surface area (Å²) in [5.74, 6) is 4.54. The molecule has 1 atom stereocenters. The van der Waals surface area contributed by atoms with Crippen LogP contribution in [0.15, 0.2) is 24.3 Å². The van der Waals surface area contributed by atoms with E-state index in [2.05, 4.69) is 10.7 Å². The minimum absolute atomic E-state index is 0.101. The van der Waals surface area contributed by atoms with Crippen molar-refractivity contribution in [1.82, 2.24) is 5.32 Å². The number of nitrogens with two attached hydrogens (primary N) is 2. The van der Waals surface area contributed by atoms with Crippen molar-refractivity contribution in [2.24, 2.45) is 11.6 Å². The zero-order valence-corrected chi connectivity index (χ0v) is 9.57. The molecule has 92 valence electrons. The summed E-state index contributed by atoms with van der Waals surface area (Å²) in [6.07, 6.45) is 0.101. The van der Waals surface area contributed by atoms with Crippen molar-refractivity contribution >= 4 is 17.5 Å². The van der Waals surface area contributed by atoms with Crippen LogP contribution in [0.4, 0.5) is 5.69 Å². The summed E-state index contributed by atoms with van der Waals surface area (Å²) < 4.78 is 0. The van der Waals surface area contributed by atoms with Crippen LogP contribution in [0, 0.1) is 0 Å². The number of carbonyl (C=O) groups excluding carboxylic acids is 2. The van der Waals surface area contributed by atoms with Crippen molar-refractivity contribution in [3.8, 4) is 0 Å². The van der Waals surface area contributed by atoms with E-state index in [-0.39, 0.29) is 18.4 Å². The number of hydrazine groups is 1. The van der Waals surface area contributed by atoms with Crippen LogP contribution in [-0.4, -0.2) is 17.9 Å². The Bertz CT molecular complexity index is 420. The molecule has 6 N–H and O–H groups in total. The van der Waals surface area contributed by atoms with Crippen LogP contribution in [0.3, 0.4) is 0 Å². The molecule has 0 aromatic heterocycles. The molecule has 0 saturated heterocycles. The third kappa shape index (κ3) is 3.76. The second-order valence-electron chi connectivity index (χ2n) is 3.73. The number of amides is 2. The van der Waals surface area contributed by atoms with E-state index in [0.29, 0.717) is 11.3 Å². The van der Waals surface area contributed by atoms with E-state index in [0.717, 1.165) is 0 Å².